The van der Waals surface area contributed by atoms with Gasteiger partial charge in [0.25, 0.3) is 0 Å². The van der Waals surface area contributed by atoms with E-state index in [4.69, 9.17) is 5.11 Å². The lowest BCUT2D eigenvalue weighted by atomic mass is 9.69. The van der Waals surface area contributed by atoms with E-state index in [0.717, 1.165) is 32.1 Å². The summed E-state index contributed by atoms with van der Waals surface area (Å²) in [6, 6.07) is 0. The molecule has 0 aromatic heterocycles. The van der Waals surface area contributed by atoms with Crippen LogP contribution in [-0.4, -0.2) is 45.7 Å². The number of amides is 1. The van der Waals surface area contributed by atoms with Crippen LogP contribution < -0.4 is 0 Å². The fourth-order valence-electron chi connectivity index (χ4n) is 3.42. The predicted molar refractivity (Wildman–Crippen MR) is 69.6 cm³/mol. The highest BCUT2D eigenvalue weighted by atomic mass is 16.4. The maximum atomic E-state index is 12.2. The molecule has 2 rings (SSSR count). The van der Waals surface area contributed by atoms with Crippen LogP contribution in [0.3, 0.4) is 0 Å². The predicted octanol–water partition coefficient (Wildman–Crippen LogP) is 1.39. The van der Waals surface area contributed by atoms with Crippen molar-refractivity contribution in [2.75, 3.05) is 13.1 Å². The number of hydrogen-bond donors (Lipinski definition) is 2. The van der Waals surface area contributed by atoms with Crippen LogP contribution in [0, 0.1) is 5.41 Å². The zero-order valence-corrected chi connectivity index (χ0v) is 11.5. The van der Waals surface area contributed by atoms with Gasteiger partial charge in [0.1, 0.15) is 0 Å². The first-order valence-electron chi connectivity index (χ1n) is 7.04. The molecule has 1 aliphatic heterocycles. The van der Waals surface area contributed by atoms with Crippen molar-refractivity contribution in [3.05, 3.63) is 0 Å². The van der Waals surface area contributed by atoms with E-state index in [0.29, 0.717) is 19.5 Å². The Hall–Kier alpha value is -1.10. The van der Waals surface area contributed by atoms with E-state index < -0.39 is 11.6 Å². The van der Waals surface area contributed by atoms with Gasteiger partial charge in [-0.3, -0.25) is 9.59 Å². The van der Waals surface area contributed by atoms with Crippen molar-refractivity contribution in [1.82, 2.24) is 4.90 Å². The number of rotatable bonds is 4. The molecule has 5 nitrogen and oxygen atoms in total. The van der Waals surface area contributed by atoms with Gasteiger partial charge >= 0.3 is 5.97 Å². The topological polar surface area (TPSA) is 77.8 Å². The number of likely N-dealkylation sites (tertiary alicyclic amines) is 1. The van der Waals surface area contributed by atoms with Gasteiger partial charge in [-0.15, -0.1) is 0 Å². The Bertz CT molecular complexity index is 364. The lowest BCUT2D eigenvalue weighted by Gasteiger charge is -2.46. The summed E-state index contributed by atoms with van der Waals surface area (Å²) < 4.78 is 0. The molecular formula is C14H23NO4. The fraction of sp³-hybridized carbons (Fsp3) is 0.857. The average molecular weight is 269 g/mol. The summed E-state index contributed by atoms with van der Waals surface area (Å²) in [4.78, 5) is 24.9. The lowest BCUT2D eigenvalue weighted by Crippen LogP contribution is -2.62. The zero-order chi connectivity index (χ0) is 14.1. The number of carboxylic acids is 1. The number of carbonyl (C=O) groups is 2. The maximum Gasteiger partial charge on any atom is 0.303 e. The molecular weight excluding hydrogens is 246 g/mol. The third-order valence-corrected chi connectivity index (χ3v) is 4.38. The summed E-state index contributed by atoms with van der Waals surface area (Å²) in [5, 5.41) is 18.7. The van der Waals surface area contributed by atoms with Crippen molar-refractivity contribution < 1.29 is 19.8 Å². The van der Waals surface area contributed by atoms with Gasteiger partial charge in [0.2, 0.25) is 5.91 Å². The minimum absolute atomic E-state index is 0.00493. The van der Waals surface area contributed by atoms with Crippen LogP contribution in [0.25, 0.3) is 0 Å². The summed E-state index contributed by atoms with van der Waals surface area (Å²) in [6.07, 6.45) is 5.22. The first kappa shape index (κ1) is 14.3. The van der Waals surface area contributed by atoms with Crippen LogP contribution in [0.5, 0.6) is 0 Å². The van der Waals surface area contributed by atoms with Gasteiger partial charge < -0.3 is 15.1 Å². The highest BCUT2D eigenvalue weighted by molar-refractivity contribution is 5.79. The molecule has 0 aromatic rings. The van der Waals surface area contributed by atoms with Gasteiger partial charge in [-0.2, -0.15) is 0 Å². The Balaban J connectivity index is 1.96. The minimum atomic E-state index is -0.815. The molecule has 0 radical (unpaired) electrons. The molecule has 1 saturated heterocycles. The number of carbonyl (C=O) groups excluding carboxylic acids is 1. The summed E-state index contributed by atoms with van der Waals surface area (Å²) >= 11 is 0. The highest BCUT2D eigenvalue weighted by Crippen LogP contribution is 2.43. The standard InChI is InChI=1S/C14H23NO4/c1-13(19)9-15(10-13)11(16)7-14(8-12(17)18)5-3-2-4-6-14/h19H,2-10H2,1H3,(H,17,18). The van der Waals surface area contributed by atoms with Gasteiger partial charge in [-0.1, -0.05) is 19.3 Å². The van der Waals surface area contributed by atoms with Crippen LogP contribution in [0.4, 0.5) is 0 Å². The molecule has 0 aromatic carbocycles. The van der Waals surface area contributed by atoms with Crippen molar-refractivity contribution in [1.29, 1.82) is 0 Å². The second kappa shape index (κ2) is 5.12. The third kappa shape index (κ3) is 3.47. The quantitative estimate of drug-likeness (QED) is 0.808. The summed E-state index contributed by atoms with van der Waals surface area (Å²) in [5.41, 5.74) is -1.12. The van der Waals surface area contributed by atoms with E-state index in [-0.39, 0.29) is 17.7 Å². The number of hydrogen-bond acceptors (Lipinski definition) is 3. The Morgan fingerprint density at radius 3 is 2.16 bits per heavy atom. The van der Waals surface area contributed by atoms with E-state index in [1.165, 1.54) is 0 Å². The Morgan fingerprint density at radius 1 is 1.11 bits per heavy atom. The summed E-state index contributed by atoms with van der Waals surface area (Å²) in [6.45, 7) is 2.45. The number of aliphatic carboxylic acids is 1. The van der Waals surface area contributed by atoms with Crippen molar-refractivity contribution in [3.63, 3.8) is 0 Å². The van der Waals surface area contributed by atoms with Crippen molar-refractivity contribution in [2.45, 2.75) is 57.5 Å². The molecule has 0 bridgehead atoms. The molecule has 1 aliphatic carbocycles. The van der Waals surface area contributed by atoms with E-state index in [2.05, 4.69) is 0 Å². The van der Waals surface area contributed by atoms with Crippen LogP contribution in [0.2, 0.25) is 0 Å². The number of β-amino-alcohol motifs (C(OH)–C–C–N with tert-alkyl or cyclic N) is 1. The third-order valence-electron chi connectivity index (χ3n) is 4.38. The molecule has 2 fully saturated rings. The minimum Gasteiger partial charge on any atom is -0.481 e. The van der Waals surface area contributed by atoms with E-state index >= 15 is 0 Å². The van der Waals surface area contributed by atoms with E-state index in [9.17, 15) is 14.7 Å². The number of nitrogens with zero attached hydrogens (tertiary/aromatic N) is 1. The summed E-state index contributed by atoms with van der Waals surface area (Å²) in [7, 11) is 0. The van der Waals surface area contributed by atoms with Gasteiger partial charge in [-0.25, -0.2) is 0 Å². The molecule has 19 heavy (non-hydrogen) atoms. The highest BCUT2D eigenvalue weighted by Gasteiger charge is 2.43. The van der Waals surface area contributed by atoms with Crippen LogP contribution in [0.15, 0.2) is 0 Å². The normalized spacial score (nSPS) is 24.6. The average Bonchev–Trinajstić information content (AvgIpc) is 2.25. The van der Waals surface area contributed by atoms with Gasteiger partial charge in [-0.05, 0) is 25.2 Å². The molecule has 2 N–H and O–H groups in total. The van der Waals surface area contributed by atoms with E-state index in [1.54, 1.807) is 11.8 Å². The first-order chi connectivity index (χ1) is 8.82. The SMILES string of the molecule is CC1(O)CN(C(=O)CC2(CC(=O)O)CCCCC2)C1. The Morgan fingerprint density at radius 2 is 1.68 bits per heavy atom. The van der Waals surface area contributed by atoms with Gasteiger partial charge in [0, 0.05) is 6.42 Å². The maximum absolute atomic E-state index is 12.2. The number of carboxylic acid groups (broad SMARTS) is 1. The molecule has 1 heterocycles. The lowest BCUT2D eigenvalue weighted by molar-refractivity contribution is -0.156. The monoisotopic (exact) mass is 269 g/mol. The second-order valence-electron chi connectivity index (χ2n) is 6.55. The molecule has 0 spiro atoms. The molecule has 2 aliphatic rings. The first-order valence-corrected chi connectivity index (χ1v) is 7.04. The zero-order valence-electron chi connectivity index (χ0n) is 11.5. The van der Waals surface area contributed by atoms with Crippen LogP contribution in [-0.2, 0) is 9.59 Å². The summed E-state index contributed by atoms with van der Waals surface area (Å²) in [5.74, 6) is -0.819. The fourth-order valence-corrected chi connectivity index (χ4v) is 3.42. The van der Waals surface area contributed by atoms with Crippen LogP contribution in [0.1, 0.15) is 51.9 Å². The molecule has 0 unspecified atom stereocenters. The smallest absolute Gasteiger partial charge is 0.303 e. The molecule has 1 amide bonds. The van der Waals surface area contributed by atoms with Crippen LogP contribution >= 0.6 is 0 Å². The molecule has 0 atom stereocenters. The van der Waals surface area contributed by atoms with Crippen molar-refractivity contribution in [2.24, 2.45) is 5.41 Å². The number of aliphatic hydroxyl groups is 1. The molecule has 1 saturated carbocycles. The van der Waals surface area contributed by atoms with Crippen molar-refractivity contribution >= 4 is 11.9 Å². The Labute approximate surface area is 113 Å². The Kier molecular flexibility index (Phi) is 3.85. The van der Waals surface area contributed by atoms with Crippen molar-refractivity contribution in [3.8, 4) is 0 Å². The van der Waals surface area contributed by atoms with Gasteiger partial charge in [0.05, 0.1) is 25.1 Å². The molecule has 108 valence electrons. The van der Waals surface area contributed by atoms with E-state index in [1.807, 2.05) is 0 Å². The molecule has 5 heteroatoms. The largest absolute Gasteiger partial charge is 0.481 e. The second-order valence-corrected chi connectivity index (χ2v) is 6.55. The van der Waals surface area contributed by atoms with Gasteiger partial charge in [0.15, 0.2) is 0 Å².